The van der Waals surface area contributed by atoms with E-state index in [9.17, 15) is 18.0 Å². The fraction of sp³-hybridized carbons (Fsp3) is 0.579. The van der Waals surface area contributed by atoms with E-state index in [1.165, 1.54) is 4.68 Å². The van der Waals surface area contributed by atoms with Gasteiger partial charge in [-0.3, -0.25) is 9.48 Å². The number of amides is 1. The first kappa shape index (κ1) is 19.9. The van der Waals surface area contributed by atoms with Crippen LogP contribution in [0.15, 0.2) is 17.5 Å². The van der Waals surface area contributed by atoms with Gasteiger partial charge >= 0.3 is 6.18 Å². The van der Waals surface area contributed by atoms with E-state index in [1.54, 1.807) is 18.3 Å². The minimum Gasteiger partial charge on any atom is -0.349 e. The number of rotatable bonds is 6. The standard InChI is InChI=1S/C19H24F3N3OS/c1-12(18(26)23-13(2)16-8-5-11-27-16)9-10-25-15-7-4-3-6-14(15)17(24-25)19(20,21)22/h5,8,11-13H,3-4,6-7,9-10H2,1-2H3,(H,23,26). The van der Waals surface area contributed by atoms with Crippen LogP contribution in [0, 0.1) is 5.92 Å². The van der Waals surface area contributed by atoms with Gasteiger partial charge in [-0.1, -0.05) is 13.0 Å². The molecule has 0 bridgehead atoms. The fourth-order valence-electron chi connectivity index (χ4n) is 3.49. The zero-order valence-corrected chi connectivity index (χ0v) is 16.3. The van der Waals surface area contributed by atoms with Gasteiger partial charge in [-0.2, -0.15) is 18.3 Å². The molecule has 0 aromatic carbocycles. The van der Waals surface area contributed by atoms with E-state index in [-0.39, 0.29) is 17.9 Å². The molecule has 2 aromatic heterocycles. The van der Waals surface area contributed by atoms with Crippen molar-refractivity contribution >= 4 is 17.2 Å². The maximum atomic E-state index is 13.3. The highest BCUT2D eigenvalue weighted by atomic mass is 32.1. The molecule has 1 aliphatic rings. The largest absolute Gasteiger partial charge is 0.435 e. The molecular weight excluding hydrogens is 375 g/mol. The lowest BCUT2D eigenvalue weighted by Crippen LogP contribution is -2.31. The van der Waals surface area contributed by atoms with Crippen LogP contribution in [0.3, 0.4) is 0 Å². The number of nitrogens with one attached hydrogen (secondary N) is 1. The van der Waals surface area contributed by atoms with Gasteiger partial charge in [0.15, 0.2) is 5.69 Å². The molecule has 0 spiro atoms. The maximum absolute atomic E-state index is 13.3. The van der Waals surface area contributed by atoms with Crippen LogP contribution in [0.4, 0.5) is 13.2 Å². The number of hydrogen-bond donors (Lipinski definition) is 1. The second-order valence-corrected chi connectivity index (χ2v) is 8.12. The minimum absolute atomic E-state index is 0.0748. The molecule has 1 N–H and O–H groups in total. The van der Waals surface area contributed by atoms with Gasteiger partial charge in [0.2, 0.25) is 5.91 Å². The third-order valence-corrected chi connectivity index (χ3v) is 6.13. The summed E-state index contributed by atoms with van der Waals surface area (Å²) in [7, 11) is 0. The van der Waals surface area contributed by atoms with Gasteiger partial charge in [0, 0.05) is 28.6 Å². The topological polar surface area (TPSA) is 46.9 Å². The van der Waals surface area contributed by atoms with Crippen molar-refractivity contribution in [2.24, 2.45) is 5.92 Å². The lowest BCUT2D eigenvalue weighted by Gasteiger charge is -2.18. The molecule has 1 amide bonds. The van der Waals surface area contributed by atoms with Crippen molar-refractivity contribution in [1.82, 2.24) is 15.1 Å². The van der Waals surface area contributed by atoms with Crippen LogP contribution in [-0.2, 0) is 30.4 Å². The van der Waals surface area contributed by atoms with Crippen molar-refractivity contribution in [3.8, 4) is 0 Å². The average Bonchev–Trinajstić information content (AvgIpc) is 3.27. The molecule has 148 valence electrons. The first-order chi connectivity index (χ1) is 12.8. The van der Waals surface area contributed by atoms with E-state index in [4.69, 9.17) is 0 Å². The Morgan fingerprint density at radius 1 is 1.33 bits per heavy atom. The summed E-state index contributed by atoms with van der Waals surface area (Å²) in [5.41, 5.74) is 0.283. The third kappa shape index (κ3) is 4.54. The first-order valence-electron chi connectivity index (χ1n) is 9.27. The van der Waals surface area contributed by atoms with Gasteiger partial charge in [0.05, 0.1) is 6.04 Å². The highest BCUT2D eigenvalue weighted by molar-refractivity contribution is 7.10. The van der Waals surface area contributed by atoms with E-state index in [0.29, 0.717) is 37.1 Å². The van der Waals surface area contributed by atoms with Crippen LogP contribution in [0.5, 0.6) is 0 Å². The Bertz CT molecular complexity index is 783. The van der Waals surface area contributed by atoms with Crippen LogP contribution in [0.25, 0.3) is 0 Å². The number of fused-ring (bicyclic) bond motifs is 1. The van der Waals surface area contributed by atoms with Crippen molar-refractivity contribution in [2.45, 2.75) is 64.7 Å². The number of halogens is 3. The van der Waals surface area contributed by atoms with Crippen molar-refractivity contribution in [1.29, 1.82) is 0 Å². The van der Waals surface area contributed by atoms with Crippen molar-refractivity contribution in [3.63, 3.8) is 0 Å². The SMILES string of the molecule is CC(CCn1nc(C(F)(F)F)c2c1CCCC2)C(=O)NC(C)c1cccs1. The van der Waals surface area contributed by atoms with Gasteiger partial charge in [-0.05, 0) is 50.5 Å². The van der Waals surface area contributed by atoms with Crippen molar-refractivity contribution < 1.29 is 18.0 Å². The lowest BCUT2D eigenvalue weighted by atomic mass is 9.95. The quantitative estimate of drug-likeness (QED) is 0.762. The van der Waals surface area contributed by atoms with Gasteiger partial charge in [-0.15, -0.1) is 11.3 Å². The Morgan fingerprint density at radius 3 is 2.74 bits per heavy atom. The molecule has 2 atom stereocenters. The summed E-state index contributed by atoms with van der Waals surface area (Å²) >= 11 is 1.58. The smallest absolute Gasteiger partial charge is 0.349 e. The molecule has 2 aromatic rings. The maximum Gasteiger partial charge on any atom is 0.435 e. The number of nitrogens with zero attached hydrogens (tertiary/aromatic N) is 2. The normalized spacial score (nSPS) is 16.6. The molecule has 8 heteroatoms. The highest BCUT2D eigenvalue weighted by Gasteiger charge is 2.39. The van der Waals surface area contributed by atoms with Crippen molar-refractivity contribution in [3.05, 3.63) is 39.3 Å². The van der Waals surface area contributed by atoms with Crippen LogP contribution >= 0.6 is 11.3 Å². The van der Waals surface area contributed by atoms with E-state index >= 15 is 0 Å². The summed E-state index contributed by atoms with van der Waals surface area (Å²) in [5, 5.41) is 8.79. The molecule has 0 aliphatic heterocycles. The van der Waals surface area contributed by atoms with Crippen LogP contribution < -0.4 is 5.32 Å². The summed E-state index contributed by atoms with van der Waals surface area (Å²) in [4.78, 5) is 13.5. The molecule has 2 unspecified atom stereocenters. The van der Waals surface area contributed by atoms with Crippen LogP contribution in [-0.4, -0.2) is 15.7 Å². The molecule has 0 saturated carbocycles. The zero-order chi connectivity index (χ0) is 19.6. The Hall–Kier alpha value is -1.83. The zero-order valence-electron chi connectivity index (χ0n) is 15.5. The van der Waals surface area contributed by atoms with Crippen LogP contribution in [0.1, 0.15) is 61.0 Å². The van der Waals surface area contributed by atoms with Gasteiger partial charge in [0.25, 0.3) is 0 Å². The average molecular weight is 399 g/mol. The van der Waals surface area contributed by atoms with E-state index in [2.05, 4.69) is 10.4 Å². The molecular formula is C19H24F3N3OS. The molecule has 1 aliphatic carbocycles. The Kier molecular flexibility index (Phi) is 5.93. The van der Waals surface area contributed by atoms with Gasteiger partial charge in [-0.25, -0.2) is 0 Å². The first-order valence-corrected chi connectivity index (χ1v) is 10.1. The van der Waals surface area contributed by atoms with E-state index in [0.717, 1.165) is 17.7 Å². The minimum atomic E-state index is -4.42. The second-order valence-electron chi connectivity index (χ2n) is 7.14. The monoisotopic (exact) mass is 399 g/mol. The summed E-state index contributed by atoms with van der Waals surface area (Å²) in [6.45, 7) is 4.05. The molecule has 0 radical (unpaired) electrons. The fourth-order valence-corrected chi connectivity index (χ4v) is 4.23. The molecule has 0 fully saturated rings. The number of aryl methyl sites for hydroxylation is 1. The molecule has 2 heterocycles. The molecule has 3 rings (SSSR count). The van der Waals surface area contributed by atoms with Crippen molar-refractivity contribution in [2.75, 3.05) is 0 Å². The van der Waals surface area contributed by atoms with Gasteiger partial charge in [0.1, 0.15) is 0 Å². The summed E-state index contributed by atoms with van der Waals surface area (Å²) < 4.78 is 41.2. The lowest BCUT2D eigenvalue weighted by molar-refractivity contribution is -0.142. The second kappa shape index (κ2) is 8.04. The van der Waals surface area contributed by atoms with Gasteiger partial charge < -0.3 is 5.32 Å². The summed E-state index contributed by atoms with van der Waals surface area (Å²) in [5.74, 6) is -0.391. The number of carbonyl (C=O) groups is 1. The number of thiophene rings is 1. The Morgan fingerprint density at radius 2 is 2.07 bits per heavy atom. The molecule has 27 heavy (non-hydrogen) atoms. The number of carbonyl (C=O) groups excluding carboxylic acids is 1. The third-order valence-electron chi connectivity index (χ3n) is 5.08. The Labute approximate surface area is 160 Å². The number of alkyl halides is 3. The number of hydrogen-bond acceptors (Lipinski definition) is 3. The highest BCUT2D eigenvalue weighted by Crippen LogP contribution is 2.36. The summed E-state index contributed by atoms with van der Waals surface area (Å²) in [6.07, 6.45) is -1.28. The Balaban J connectivity index is 1.64. The van der Waals surface area contributed by atoms with Crippen LogP contribution in [0.2, 0.25) is 0 Å². The summed E-state index contributed by atoms with van der Waals surface area (Å²) in [6, 6.07) is 3.83. The van der Waals surface area contributed by atoms with E-state index < -0.39 is 11.9 Å². The predicted octanol–water partition coefficient (Wildman–Crippen LogP) is 4.75. The molecule has 4 nitrogen and oxygen atoms in total. The number of aromatic nitrogens is 2. The van der Waals surface area contributed by atoms with E-state index in [1.807, 2.05) is 24.4 Å². The molecule has 0 saturated heterocycles. The predicted molar refractivity (Wildman–Crippen MR) is 98.5 cm³/mol.